The molecule has 27 heavy (non-hydrogen) atoms. The van der Waals surface area contributed by atoms with E-state index in [9.17, 15) is 19.5 Å². The molecule has 1 aliphatic rings. The summed E-state index contributed by atoms with van der Waals surface area (Å²) in [5.41, 5.74) is 1.62. The van der Waals surface area contributed by atoms with Crippen LogP contribution in [0.5, 0.6) is 11.5 Å². The van der Waals surface area contributed by atoms with E-state index >= 15 is 0 Å². The third-order valence-corrected chi connectivity index (χ3v) is 4.60. The fraction of sp³-hybridized carbons (Fsp3) is 0.105. The summed E-state index contributed by atoms with van der Waals surface area (Å²) in [6, 6.07) is 11.0. The van der Waals surface area contributed by atoms with Crippen molar-refractivity contribution in [3.05, 3.63) is 58.5 Å². The van der Waals surface area contributed by atoms with Crippen molar-refractivity contribution in [2.24, 2.45) is 0 Å². The van der Waals surface area contributed by atoms with Crippen molar-refractivity contribution in [3.8, 4) is 11.5 Å². The average Bonchev–Trinajstić information content (AvgIpc) is 2.88. The van der Waals surface area contributed by atoms with Crippen LogP contribution in [0.15, 0.2) is 47.4 Å². The molecule has 0 spiro atoms. The molecule has 2 amide bonds. The minimum Gasteiger partial charge on any atom is -0.508 e. The summed E-state index contributed by atoms with van der Waals surface area (Å²) in [4.78, 5) is 36.9. The zero-order chi connectivity index (χ0) is 19.6. The Kier molecular flexibility index (Phi) is 5.18. The summed E-state index contributed by atoms with van der Waals surface area (Å²) in [5, 5.41) is 17.7. The van der Waals surface area contributed by atoms with Gasteiger partial charge in [0.25, 0.3) is 11.1 Å². The number of hydrogen-bond donors (Lipinski definition) is 2. The summed E-state index contributed by atoms with van der Waals surface area (Å²) in [6.45, 7) is 1.23. The van der Waals surface area contributed by atoms with Gasteiger partial charge in [0.15, 0.2) is 6.61 Å². The van der Waals surface area contributed by atoms with Gasteiger partial charge in [-0.25, -0.2) is 9.69 Å². The number of carboxylic acids is 1. The zero-order valence-electron chi connectivity index (χ0n) is 14.2. The Morgan fingerprint density at radius 3 is 2.70 bits per heavy atom. The molecular weight excluding hydrogens is 370 g/mol. The van der Waals surface area contributed by atoms with Crippen LogP contribution in [-0.2, 0) is 9.59 Å². The van der Waals surface area contributed by atoms with E-state index in [2.05, 4.69) is 0 Å². The Morgan fingerprint density at radius 1 is 1.22 bits per heavy atom. The van der Waals surface area contributed by atoms with Crippen molar-refractivity contribution < 1.29 is 29.3 Å². The maximum Gasteiger partial charge on any atom is 0.341 e. The molecule has 1 aliphatic heterocycles. The predicted molar refractivity (Wildman–Crippen MR) is 101 cm³/mol. The fourth-order valence-corrected chi connectivity index (χ4v) is 3.39. The molecule has 0 saturated carbocycles. The van der Waals surface area contributed by atoms with Gasteiger partial charge in [-0.05, 0) is 66.2 Å². The van der Waals surface area contributed by atoms with Crippen molar-refractivity contribution in [1.82, 2.24) is 0 Å². The van der Waals surface area contributed by atoms with E-state index in [0.29, 0.717) is 22.6 Å². The van der Waals surface area contributed by atoms with Gasteiger partial charge in [0.2, 0.25) is 0 Å². The number of carbonyl (C=O) groups is 3. The van der Waals surface area contributed by atoms with Crippen LogP contribution < -0.4 is 9.64 Å². The van der Waals surface area contributed by atoms with Crippen molar-refractivity contribution >= 4 is 40.6 Å². The lowest BCUT2D eigenvalue weighted by Gasteiger charge is -2.15. The molecule has 1 saturated heterocycles. The molecule has 2 aromatic rings. The Hall–Kier alpha value is -3.26. The number of aryl methyl sites for hydroxylation is 1. The Labute approximate surface area is 158 Å². The summed E-state index contributed by atoms with van der Waals surface area (Å²) in [5.74, 6) is -1.15. The molecule has 0 aromatic heterocycles. The maximum absolute atomic E-state index is 12.7. The number of benzene rings is 2. The van der Waals surface area contributed by atoms with Crippen LogP contribution >= 0.6 is 11.8 Å². The minimum absolute atomic E-state index is 0.0527. The van der Waals surface area contributed by atoms with Crippen LogP contribution in [0.3, 0.4) is 0 Å². The van der Waals surface area contributed by atoms with Crippen LogP contribution in [0.2, 0.25) is 0 Å². The SMILES string of the molecule is Cc1cc(O)ccc1N1C(=O)S/C(=C/c2cccc(OCC(=O)O)c2)C1=O. The number of ether oxygens (including phenoxy) is 1. The molecule has 0 unspecified atom stereocenters. The van der Waals surface area contributed by atoms with Crippen LogP contribution in [0.1, 0.15) is 11.1 Å². The van der Waals surface area contributed by atoms with Crippen LogP contribution in [-0.4, -0.2) is 33.9 Å². The predicted octanol–water partition coefficient (Wildman–Crippen LogP) is 3.40. The minimum atomic E-state index is -1.09. The molecule has 0 bridgehead atoms. The first kappa shape index (κ1) is 18.5. The van der Waals surface area contributed by atoms with E-state index in [4.69, 9.17) is 9.84 Å². The molecule has 0 radical (unpaired) electrons. The molecule has 0 aliphatic carbocycles. The zero-order valence-corrected chi connectivity index (χ0v) is 15.0. The summed E-state index contributed by atoms with van der Waals surface area (Å²) in [6.07, 6.45) is 1.55. The average molecular weight is 385 g/mol. The lowest BCUT2D eigenvalue weighted by atomic mass is 10.1. The summed E-state index contributed by atoms with van der Waals surface area (Å²) in [7, 11) is 0. The van der Waals surface area contributed by atoms with E-state index in [0.717, 1.165) is 16.7 Å². The first-order valence-corrected chi connectivity index (χ1v) is 8.69. The highest BCUT2D eigenvalue weighted by Gasteiger charge is 2.37. The van der Waals surface area contributed by atoms with Gasteiger partial charge in [-0.15, -0.1) is 0 Å². The van der Waals surface area contributed by atoms with Gasteiger partial charge >= 0.3 is 5.97 Å². The fourth-order valence-electron chi connectivity index (χ4n) is 2.56. The molecule has 7 nitrogen and oxygen atoms in total. The summed E-state index contributed by atoms with van der Waals surface area (Å²) < 4.78 is 5.12. The van der Waals surface area contributed by atoms with Gasteiger partial charge in [-0.3, -0.25) is 9.59 Å². The summed E-state index contributed by atoms with van der Waals surface area (Å²) >= 11 is 0.810. The van der Waals surface area contributed by atoms with Gasteiger partial charge < -0.3 is 14.9 Å². The van der Waals surface area contributed by atoms with Gasteiger partial charge in [0, 0.05) is 0 Å². The highest BCUT2D eigenvalue weighted by Crippen LogP contribution is 2.37. The number of carbonyl (C=O) groups excluding carboxylic acids is 2. The van der Waals surface area contributed by atoms with E-state index in [1.807, 2.05) is 0 Å². The number of rotatable bonds is 5. The smallest absolute Gasteiger partial charge is 0.341 e. The topological polar surface area (TPSA) is 104 Å². The molecule has 8 heteroatoms. The highest BCUT2D eigenvalue weighted by atomic mass is 32.2. The second kappa shape index (κ2) is 7.55. The van der Waals surface area contributed by atoms with Crippen molar-refractivity contribution in [2.45, 2.75) is 6.92 Å². The first-order valence-electron chi connectivity index (χ1n) is 7.87. The molecular formula is C19H15NO6S. The number of imide groups is 1. The van der Waals surface area contributed by atoms with Crippen molar-refractivity contribution in [1.29, 1.82) is 0 Å². The third kappa shape index (κ3) is 4.12. The molecule has 3 rings (SSSR count). The van der Waals surface area contributed by atoms with Gasteiger partial charge in [-0.1, -0.05) is 12.1 Å². The number of phenolic OH excluding ortho intramolecular Hbond substituents is 1. The first-order chi connectivity index (χ1) is 12.8. The quantitative estimate of drug-likeness (QED) is 0.760. The highest BCUT2D eigenvalue weighted by molar-refractivity contribution is 8.19. The largest absolute Gasteiger partial charge is 0.508 e. The lowest BCUT2D eigenvalue weighted by Crippen LogP contribution is -2.28. The number of aromatic hydroxyl groups is 1. The number of thioether (sulfide) groups is 1. The molecule has 0 atom stereocenters. The number of phenols is 1. The van der Waals surface area contributed by atoms with Crippen LogP contribution in [0, 0.1) is 6.92 Å². The molecule has 1 heterocycles. The number of hydrogen-bond acceptors (Lipinski definition) is 6. The molecule has 2 N–H and O–H groups in total. The van der Waals surface area contributed by atoms with Crippen molar-refractivity contribution in [3.63, 3.8) is 0 Å². The van der Waals surface area contributed by atoms with Gasteiger partial charge in [0.1, 0.15) is 11.5 Å². The van der Waals surface area contributed by atoms with Gasteiger partial charge in [0.05, 0.1) is 10.6 Å². The Balaban J connectivity index is 1.86. The molecule has 2 aromatic carbocycles. The molecule has 138 valence electrons. The lowest BCUT2D eigenvalue weighted by molar-refractivity contribution is -0.139. The van der Waals surface area contributed by atoms with E-state index in [1.165, 1.54) is 18.2 Å². The monoisotopic (exact) mass is 385 g/mol. The van der Waals surface area contributed by atoms with E-state index in [-0.39, 0.29) is 10.7 Å². The second-order valence-electron chi connectivity index (χ2n) is 5.74. The number of aliphatic carboxylic acids is 1. The Morgan fingerprint density at radius 2 is 2.00 bits per heavy atom. The van der Waals surface area contributed by atoms with Gasteiger partial charge in [-0.2, -0.15) is 0 Å². The normalized spacial score (nSPS) is 15.4. The van der Waals surface area contributed by atoms with Crippen LogP contribution in [0.25, 0.3) is 6.08 Å². The standard InChI is InChI=1S/C19H15NO6S/c1-11-7-13(21)5-6-15(11)20-18(24)16(27-19(20)25)9-12-3-2-4-14(8-12)26-10-17(22)23/h2-9,21H,10H2,1H3,(H,22,23)/b16-9+. The Bertz CT molecular complexity index is 968. The third-order valence-electron chi connectivity index (χ3n) is 3.73. The van der Waals surface area contributed by atoms with E-state index < -0.39 is 23.7 Å². The van der Waals surface area contributed by atoms with Crippen molar-refractivity contribution in [2.75, 3.05) is 11.5 Å². The number of anilines is 1. The molecule has 1 fully saturated rings. The van der Waals surface area contributed by atoms with Crippen LogP contribution in [0.4, 0.5) is 10.5 Å². The number of carboxylic acid groups (broad SMARTS) is 1. The number of nitrogens with zero attached hydrogens (tertiary/aromatic N) is 1. The van der Waals surface area contributed by atoms with E-state index in [1.54, 1.807) is 37.3 Å². The second-order valence-corrected chi connectivity index (χ2v) is 6.74. The number of amides is 2. The maximum atomic E-state index is 12.7.